The van der Waals surface area contributed by atoms with Crippen molar-refractivity contribution >= 4 is 62.1 Å². The van der Waals surface area contributed by atoms with Crippen LogP contribution in [-0.2, 0) is 24.6 Å². The Morgan fingerprint density at radius 3 is 2.31 bits per heavy atom. The Labute approximate surface area is 358 Å². The average Bonchev–Trinajstić information content (AvgIpc) is 3.71. The van der Waals surface area contributed by atoms with Crippen LogP contribution in [0.25, 0.3) is 22.2 Å². The van der Waals surface area contributed by atoms with Gasteiger partial charge in [0.15, 0.2) is 11.6 Å². The Bertz CT molecular complexity index is 2590. The summed E-state index contributed by atoms with van der Waals surface area (Å²) in [5.74, 6) is -1.13. The molecule has 0 radical (unpaired) electrons. The van der Waals surface area contributed by atoms with Crippen molar-refractivity contribution in [1.29, 1.82) is 0 Å². The van der Waals surface area contributed by atoms with Crippen LogP contribution in [0.5, 0.6) is 0 Å². The number of ketones is 1. The molecule has 2 aromatic carbocycles. The molecular weight excluding hydrogens is 818 g/mol. The smallest absolute Gasteiger partial charge is 0.301 e. The Morgan fingerprint density at radius 2 is 1.61 bits per heavy atom. The first kappa shape index (κ1) is 42.4. The van der Waals surface area contributed by atoms with Gasteiger partial charge in [0.05, 0.1) is 17.8 Å². The molecule has 0 aliphatic carbocycles. The summed E-state index contributed by atoms with van der Waals surface area (Å²) in [4.78, 5) is 73.4. The number of halogens is 1. The van der Waals surface area contributed by atoms with E-state index in [1.807, 2.05) is 21.9 Å². The lowest BCUT2D eigenvalue weighted by Gasteiger charge is -2.37. The number of hydrogen-bond donors (Lipinski definition) is 4. The third-order valence-electron chi connectivity index (χ3n) is 11.9. The summed E-state index contributed by atoms with van der Waals surface area (Å²) in [5.41, 5.74) is 3.32. The molecule has 0 saturated carbocycles. The Kier molecular flexibility index (Phi) is 12.3. The van der Waals surface area contributed by atoms with Crippen molar-refractivity contribution in [3.63, 3.8) is 0 Å². The van der Waals surface area contributed by atoms with Gasteiger partial charge in [-0.2, -0.15) is 12.7 Å². The van der Waals surface area contributed by atoms with E-state index < -0.39 is 27.9 Å². The number of hydrogen-bond acceptors (Lipinski definition) is 12. The molecule has 62 heavy (non-hydrogen) atoms. The topological polar surface area (TPSA) is 206 Å². The van der Waals surface area contributed by atoms with Crippen LogP contribution in [0.4, 0.5) is 21.7 Å². The number of carbonyl (C=O) groups excluding carboxylic acids is 4. The van der Waals surface area contributed by atoms with Crippen molar-refractivity contribution in [2.75, 3.05) is 74.3 Å². The minimum Gasteiger partial charge on any atom is -0.374 e. The number of nitrogens with zero attached hydrogens (tertiary/aromatic N) is 7. The first-order valence-corrected chi connectivity index (χ1v) is 22.1. The number of piperidine rings is 2. The van der Waals surface area contributed by atoms with Gasteiger partial charge in [0, 0.05) is 98.7 Å². The van der Waals surface area contributed by atoms with E-state index in [4.69, 9.17) is 0 Å². The van der Waals surface area contributed by atoms with Crippen molar-refractivity contribution in [1.82, 2.24) is 39.4 Å². The van der Waals surface area contributed by atoms with Crippen LogP contribution in [0.3, 0.4) is 0 Å². The van der Waals surface area contributed by atoms with Gasteiger partial charge in [0.2, 0.25) is 23.7 Å². The van der Waals surface area contributed by atoms with Crippen LogP contribution in [-0.4, -0.2) is 131 Å². The van der Waals surface area contributed by atoms with Crippen LogP contribution >= 0.6 is 0 Å². The molecule has 3 aromatic heterocycles. The first-order chi connectivity index (χ1) is 29.9. The second-order valence-corrected chi connectivity index (χ2v) is 17.6. The quantitative estimate of drug-likeness (QED) is 0.0988. The van der Waals surface area contributed by atoms with Crippen LogP contribution < -0.4 is 20.3 Å². The van der Waals surface area contributed by atoms with Gasteiger partial charge in [0.25, 0.3) is 0 Å². The van der Waals surface area contributed by atoms with Crippen molar-refractivity contribution in [2.24, 2.45) is 0 Å². The fraction of sp³-hybridized carbons (Fsp3) is 0.372. The van der Waals surface area contributed by atoms with E-state index in [2.05, 4.69) is 52.3 Å². The molecule has 4 N–H and O–H groups in total. The zero-order valence-corrected chi connectivity index (χ0v) is 35.3. The number of carbonyl (C=O) groups is 4. The Balaban J connectivity index is 0.824. The number of likely N-dealkylation sites (tertiary alicyclic amines) is 1. The van der Waals surface area contributed by atoms with Gasteiger partial charge in [-0.15, -0.1) is 0 Å². The number of imide groups is 1. The van der Waals surface area contributed by atoms with E-state index in [-0.39, 0.29) is 41.1 Å². The molecule has 0 spiro atoms. The molecule has 3 saturated heterocycles. The molecule has 324 valence electrons. The highest BCUT2D eigenvalue weighted by atomic mass is 32.2. The molecule has 1 atom stereocenters. The summed E-state index contributed by atoms with van der Waals surface area (Å²) in [7, 11) is -2.66. The standard InChI is InChI=1S/C43H48FN11O6S/c1-3-52(2)62(60,61)51-35-6-4-5-32(39(35)44)40(58)34-25-46-41-33(34)21-29(22-45-41)30-23-47-43(48-24-30)55-19-17-54(18-20-55)38(57)26-53-15-13-28(14-16-53)27-7-9-31(10-8-27)49-36-11-12-37(56)50-42(36)59/h4-10,21-25,28,36,49,51H,3,11-20,26H2,1-2H3,(H,45,46)(H,50,56,59). The number of fused-ring (bicyclic) bond motifs is 1. The summed E-state index contributed by atoms with van der Waals surface area (Å²) in [6, 6.07) is 13.5. The average molecular weight is 866 g/mol. The minimum atomic E-state index is -4.02. The zero-order chi connectivity index (χ0) is 43.5. The Morgan fingerprint density at radius 1 is 0.903 bits per heavy atom. The summed E-state index contributed by atoms with van der Waals surface area (Å²) in [5, 5.41) is 6.05. The van der Waals surface area contributed by atoms with Crippen LogP contribution in [0.1, 0.15) is 60.0 Å². The van der Waals surface area contributed by atoms with Gasteiger partial charge >= 0.3 is 10.2 Å². The first-order valence-electron chi connectivity index (χ1n) is 20.7. The number of anilines is 3. The lowest BCUT2D eigenvalue weighted by molar-refractivity contribution is -0.134. The predicted molar refractivity (Wildman–Crippen MR) is 231 cm³/mol. The molecule has 3 aliphatic heterocycles. The largest absolute Gasteiger partial charge is 0.374 e. The second kappa shape index (κ2) is 18.0. The molecular formula is C43H48FN11O6S. The highest BCUT2D eigenvalue weighted by Crippen LogP contribution is 2.31. The number of rotatable bonds is 13. The number of pyridine rings is 1. The molecule has 17 nitrogen and oxygen atoms in total. The number of benzene rings is 2. The van der Waals surface area contributed by atoms with Crippen molar-refractivity contribution < 1.29 is 32.0 Å². The molecule has 19 heteroatoms. The maximum Gasteiger partial charge on any atom is 0.301 e. The number of aromatic amines is 1. The molecule has 6 heterocycles. The van der Waals surface area contributed by atoms with E-state index in [1.54, 1.807) is 31.6 Å². The van der Waals surface area contributed by atoms with Crippen LogP contribution in [0.15, 0.2) is 73.3 Å². The fourth-order valence-electron chi connectivity index (χ4n) is 8.06. The molecule has 8 rings (SSSR count). The summed E-state index contributed by atoms with van der Waals surface area (Å²) >= 11 is 0. The van der Waals surface area contributed by atoms with E-state index in [1.165, 1.54) is 37.0 Å². The molecule has 3 fully saturated rings. The van der Waals surface area contributed by atoms with E-state index >= 15 is 4.39 Å². The lowest BCUT2D eigenvalue weighted by Crippen LogP contribution is -2.52. The SMILES string of the molecule is CCN(C)S(=O)(=O)Nc1cccc(C(=O)c2c[nH]c3ncc(-c4cnc(N5CCN(C(=O)CN6CCC(c7ccc(NC8CCC(=O)NC8=O)cc7)CC6)CC5)nc4)cc23)c1F. The highest BCUT2D eigenvalue weighted by Gasteiger charge is 2.29. The van der Waals surface area contributed by atoms with E-state index in [0.717, 1.165) is 35.9 Å². The normalized spacial score (nSPS) is 18.0. The number of H-pyrrole nitrogens is 1. The molecule has 1 unspecified atom stereocenters. The highest BCUT2D eigenvalue weighted by molar-refractivity contribution is 7.90. The minimum absolute atomic E-state index is 0.105. The maximum absolute atomic E-state index is 15.6. The van der Waals surface area contributed by atoms with Crippen molar-refractivity contribution in [3.8, 4) is 11.1 Å². The van der Waals surface area contributed by atoms with E-state index in [9.17, 15) is 27.6 Å². The predicted octanol–water partition coefficient (Wildman–Crippen LogP) is 3.74. The monoisotopic (exact) mass is 865 g/mol. The molecule has 0 bridgehead atoms. The molecule has 5 aromatic rings. The second-order valence-electron chi connectivity index (χ2n) is 15.8. The van der Waals surface area contributed by atoms with Crippen molar-refractivity contribution in [3.05, 3.63) is 95.8 Å². The van der Waals surface area contributed by atoms with E-state index in [0.29, 0.717) is 79.6 Å². The van der Waals surface area contributed by atoms with Gasteiger partial charge in [-0.25, -0.2) is 19.3 Å². The summed E-state index contributed by atoms with van der Waals surface area (Å²) in [6.45, 7) is 6.11. The maximum atomic E-state index is 15.6. The number of amides is 3. The van der Waals surface area contributed by atoms with Crippen molar-refractivity contribution in [2.45, 2.75) is 44.6 Å². The summed E-state index contributed by atoms with van der Waals surface area (Å²) < 4.78 is 43.9. The third kappa shape index (κ3) is 9.14. The molecule has 3 aliphatic rings. The lowest BCUT2D eigenvalue weighted by atomic mass is 9.89. The van der Waals surface area contributed by atoms with Crippen LogP contribution in [0, 0.1) is 5.82 Å². The number of piperazine rings is 1. The zero-order valence-electron chi connectivity index (χ0n) is 34.4. The van der Waals surface area contributed by atoms with Gasteiger partial charge < -0.3 is 20.1 Å². The fourth-order valence-corrected chi connectivity index (χ4v) is 8.99. The summed E-state index contributed by atoms with van der Waals surface area (Å²) in [6.07, 6.45) is 9.13. The third-order valence-corrected chi connectivity index (χ3v) is 13.5. The molecule has 3 amide bonds. The van der Waals surface area contributed by atoms with Gasteiger partial charge in [-0.3, -0.25) is 34.1 Å². The number of aromatic nitrogens is 4. The van der Waals surface area contributed by atoms with Crippen LogP contribution in [0.2, 0.25) is 0 Å². The number of nitrogens with one attached hydrogen (secondary N) is 4. The van der Waals surface area contributed by atoms with Gasteiger partial charge in [0.1, 0.15) is 11.7 Å². The van der Waals surface area contributed by atoms with Gasteiger partial charge in [-0.1, -0.05) is 25.1 Å². The Hall–Kier alpha value is -6.31. The van der Waals surface area contributed by atoms with Gasteiger partial charge in [-0.05, 0) is 74.2 Å².